The maximum absolute atomic E-state index is 11.9. The number of hydrogen-bond donors (Lipinski definition) is 1. The SMILES string of the molecule is COC(=O)c1ccc(Br)c(CN2CCCC(CNC(=O)OC(C)(C)C)C2)c1. The molecule has 1 aromatic rings. The van der Waals surface area contributed by atoms with Crippen molar-refractivity contribution in [1.82, 2.24) is 10.2 Å². The molecule has 1 aromatic carbocycles. The van der Waals surface area contributed by atoms with Crippen LogP contribution in [0.15, 0.2) is 22.7 Å². The van der Waals surface area contributed by atoms with Crippen LogP contribution in [0.5, 0.6) is 0 Å². The Balaban J connectivity index is 1.91. The van der Waals surface area contributed by atoms with Gasteiger partial charge in [-0.25, -0.2) is 9.59 Å². The number of rotatable bonds is 5. The number of esters is 1. The molecule has 0 saturated carbocycles. The fourth-order valence-corrected chi connectivity index (χ4v) is 3.56. The topological polar surface area (TPSA) is 67.9 Å². The highest BCUT2D eigenvalue weighted by Gasteiger charge is 2.23. The molecule has 0 spiro atoms. The fraction of sp³-hybridized carbons (Fsp3) is 0.600. The van der Waals surface area contributed by atoms with Crippen molar-refractivity contribution >= 4 is 28.0 Å². The van der Waals surface area contributed by atoms with E-state index in [-0.39, 0.29) is 12.1 Å². The Hall–Kier alpha value is -1.60. The van der Waals surface area contributed by atoms with E-state index < -0.39 is 5.60 Å². The van der Waals surface area contributed by atoms with Crippen molar-refractivity contribution in [3.05, 3.63) is 33.8 Å². The van der Waals surface area contributed by atoms with Crippen LogP contribution in [0.3, 0.4) is 0 Å². The number of ether oxygens (including phenoxy) is 2. The van der Waals surface area contributed by atoms with E-state index in [4.69, 9.17) is 9.47 Å². The molecule has 1 saturated heterocycles. The van der Waals surface area contributed by atoms with Gasteiger partial charge < -0.3 is 14.8 Å². The van der Waals surface area contributed by atoms with Crippen LogP contribution in [0.25, 0.3) is 0 Å². The molecule has 1 heterocycles. The number of piperidine rings is 1. The van der Waals surface area contributed by atoms with E-state index >= 15 is 0 Å². The van der Waals surface area contributed by atoms with Crippen molar-refractivity contribution in [2.45, 2.75) is 45.8 Å². The van der Waals surface area contributed by atoms with E-state index in [9.17, 15) is 9.59 Å². The molecule has 0 aromatic heterocycles. The number of amides is 1. The zero-order chi connectivity index (χ0) is 20.0. The molecule has 1 unspecified atom stereocenters. The lowest BCUT2D eigenvalue weighted by molar-refractivity contribution is 0.0505. The molecule has 7 heteroatoms. The Morgan fingerprint density at radius 2 is 2.07 bits per heavy atom. The van der Waals surface area contributed by atoms with Crippen LogP contribution >= 0.6 is 15.9 Å². The first-order chi connectivity index (χ1) is 12.7. The predicted molar refractivity (Wildman–Crippen MR) is 108 cm³/mol. The lowest BCUT2D eigenvalue weighted by Crippen LogP contribution is -2.42. The van der Waals surface area contributed by atoms with Crippen LogP contribution in [0, 0.1) is 5.92 Å². The Morgan fingerprint density at radius 3 is 2.74 bits per heavy atom. The van der Waals surface area contributed by atoms with Crippen molar-refractivity contribution < 1.29 is 19.1 Å². The third-order valence-corrected chi connectivity index (χ3v) is 5.17. The van der Waals surface area contributed by atoms with Crippen LogP contribution in [-0.2, 0) is 16.0 Å². The van der Waals surface area contributed by atoms with E-state index in [1.807, 2.05) is 32.9 Å². The smallest absolute Gasteiger partial charge is 0.407 e. The summed E-state index contributed by atoms with van der Waals surface area (Å²) in [4.78, 5) is 26.0. The molecule has 1 amide bonds. The number of benzene rings is 1. The zero-order valence-corrected chi connectivity index (χ0v) is 18.1. The second-order valence-electron chi connectivity index (χ2n) is 7.92. The highest BCUT2D eigenvalue weighted by molar-refractivity contribution is 9.10. The molecule has 0 radical (unpaired) electrons. The van der Waals surface area contributed by atoms with Crippen LogP contribution < -0.4 is 5.32 Å². The number of carbonyl (C=O) groups excluding carboxylic acids is 2. The van der Waals surface area contributed by atoms with Crippen molar-refractivity contribution in [2.24, 2.45) is 5.92 Å². The van der Waals surface area contributed by atoms with Gasteiger partial charge in [-0.3, -0.25) is 4.90 Å². The quantitative estimate of drug-likeness (QED) is 0.701. The number of nitrogens with one attached hydrogen (secondary N) is 1. The molecule has 1 aliphatic rings. The molecule has 1 fully saturated rings. The molecular formula is C20H29BrN2O4. The Kier molecular flexibility index (Phi) is 7.68. The van der Waals surface area contributed by atoms with E-state index in [1.54, 1.807) is 6.07 Å². The normalized spacial score (nSPS) is 18.0. The summed E-state index contributed by atoms with van der Waals surface area (Å²) >= 11 is 3.57. The summed E-state index contributed by atoms with van der Waals surface area (Å²) in [6, 6.07) is 5.51. The third-order valence-electron chi connectivity index (χ3n) is 4.40. The molecule has 1 N–H and O–H groups in total. The Bertz CT molecular complexity index is 672. The van der Waals surface area contributed by atoms with Gasteiger partial charge in [0.2, 0.25) is 0 Å². The number of carbonyl (C=O) groups is 2. The van der Waals surface area contributed by atoms with E-state index in [0.29, 0.717) is 18.0 Å². The summed E-state index contributed by atoms with van der Waals surface area (Å²) in [6.45, 7) is 8.81. The maximum atomic E-state index is 11.9. The summed E-state index contributed by atoms with van der Waals surface area (Å²) in [5.41, 5.74) is 1.12. The minimum atomic E-state index is -0.486. The lowest BCUT2D eigenvalue weighted by Gasteiger charge is -2.33. The van der Waals surface area contributed by atoms with Crippen molar-refractivity contribution in [1.29, 1.82) is 0 Å². The average molecular weight is 441 g/mol. The molecule has 27 heavy (non-hydrogen) atoms. The van der Waals surface area contributed by atoms with Gasteiger partial charge in [0.15, 0.2) is 0 Å². The minimum Gasteiger partial charge on any atom is -0.465 e. The van der Waals surface area contributed by atoms with Gasteiger partial charge in [-0.15, -0.1) is 0 Å². The van der Waals surface area contributed by atoms with Crippen LogP contribution in [0.4, 0.5) is 4.79 Å². The number of methoxy groups -OCH3 is 1. The van der Waals surface area contributed by atoms with Crippen LogP contribution in [-0.4, -0.2) is 49.3 Å². The second kappa shape index (κ2) is 9.55. The highest BCUT2D eigenvalue weighted by Crippen LogP contribution is 2.24. The summed E-state index contributed by atoms with van der Waals surface area (Å²) in [5.74, 6) is 0.0515. The molecule has 2 rings (SSSR count). The monoisotopic (exact) mass is 440 g/mol. The summed E-state index contributed by atoms with van der Waals surface area (Å²) in [7, 11) is 1.39. The molecule has 1 atom stereocenters. The van der Waals surface area contributed by atoms with Gasteiger partial charge in [0, 0.05) is 24.1 Å². The predicted octanol–water partition coefficient (Wildman–Crippen LogP) is 3.97. The van der Waals surface area contributed by atoms with Gasteiger partial charge in [0.25, 0.3) is 0 Å². The summed E-state index contributed by atoms with van der Waals surface area (Å²) in [6.07, 6.45) is 1.79. The van der Waals surface area contributed by atoms with Gasteiger partial charge >= 0.3 is 12.1 Å². The number of halogens is 1. The molecule has 150 valence electrons. The highest BCUT2D eigenvalue weighted by atomic mass is 79.9. The van der Waals surface area contributed by atoms with Gasteiger partial charge in [0.05, 0.1) is 12.7 Å². The minimum absolute atomic E-state index is 0.332. The van der Waals surface area contributed by atoms with Gasteiger partial charge in [-0.2, -0.15) is 0 Å². The lowest BCUT2D eigenvalue weighted by atomic mass is 9.97. The third kappa shape index (κ3) is 7.14. The standard InChI is InChI=1S/C20H29BrN2O4/c1-20(2,3)27-19(25)22-11-14-6-5-9-23(12-14)13-16-10-15(18(24)26-4)7-8-17(16)21/h7-8,10,14H,5-6,9,11-13H2,1-4H3,(H,22,25). The number of hydrogen-bond acceptors (Lipinski definition) is 5. The van der Waals surface area contributed by atoms with E-state index in [2.05, 4.69) is 26.1 Å². The molecular weight excluding hydrogens is 412 g/mol. The molecule has 1 aliphatic heterocycles. The fourth-order valence-electron chi connectivity index (χ4n) is 3.18. The first-order valence-corrected chi connectivity index (χ1v) is 10.0. The van der Waals surface area contributed by atoms with Crippen molar-refractivity contribution in [3.8, 4) is 0 Å². The first-order valence-electron chi connectivity index (χ1n) is 9.24. The molecule has 0 aliphatic carbocycles. The zero-order valence-electron chi connectivity index (χ0n) is 16.5. The Labute approximate surface area is 169 Å². The van der Waals surface area contributed by atoms with E-state index in [0.717, 1.165) is 42.5 Å². The summed E-state index contributed by atoms with van der Waals surface area (Å²) < 4.78 is 11.1. The van der Waals surface area contributed by atoms with Crippen LogP contribution in [0.2, 0.25) is 0 Å². The number of likely N-dealkylation sites (tertiary alicyclic amines) is 1. The number of nitrogens with zero attached hydrogens (tertiary/aromatic N) is 1. The van der Waals surface area contributed by atoms with Crippen molar-refractivity contribution in [2.75, 3.05) is 26.7 Å². The van der Waals surface area contributed by atoms with Gasteiger partial charge in [0.1, 0.15) is 5.60 Å². The number of alkyl carbamates (subject to hydrolysis) is 1. The largest absolute Gasteiger partial charge is 0.465 e. The Morgan fingerprint density at radius 1 is 1.33 bits per heavy atom. The molecule has 6 nitrogen and oxygen atoms in total. The molecule has 0 bridgehead atoms. The van der Waals surface area contributed by atoms with E-state index in [1.165, 1.54) is 7.11 Å². The van der Waals surface area contributed by atoms with Crippen molar-refractivity contribution in [3.63, 3.8) is 0 Å². The van der Waals surface area contributed by atoms with Gasteiger partial charge in [-0.05, 0) is 69.8 Å². The maximum Gasteiger partial charge on any atom is 0.407 e. The first kappa shape index (κ1) is 21.7. The summed E-state index contributed by atoms with van der Waals surface area (Å²) in [5, 5.41) is 2.88. The van der Waals surface area contributed by atoms with Gasteiger partial charge in [-0.1, -0.05) is 15.9 Å². The second-order valence-corrected chi connectivity index (χ2v) is 8.78. The van der Waals surface area contributed by atoms with Crippen LogP contribution in [0.1, 0.15) is 49.5 Å². The average Bonchev–Trinajstić information content (AvgIpc) is 2.60.